The van der Waals surface area contributed by atoms with Crippen LogP contribution in [0.15, 0.2) is 54.6 Å². The van der Waals surface area contributed by atoms with Crippen molar-refractivity contribution in [3.05, 3.63) is 65.7 Å². The lowest BCUT2D eigenvalue weighted by atomic mass is 9.41. The number of hydrogen-bond acceptors (Lipinski definition) is 9. The van der Waals surface area contributed by atoms with E-state index in [1.807, 2.05) is 37.3 Å². The third-order valence-corrected chi connectivity index (χ3v) is 10.9. The van der Waals surface area contributed by atoms with Crippen LogP contribution < -0.4 is 27.4 Å². The van der Waals surface area contributed by atoms with E-state index in [0.717, 1.165) is 24.0 Å². The Kier molecular flexibility index (Phi) is 13.3. The number of nitrogens with two attached hydrogens (primary N) is 2. The lowest BCUT2D eigenvalue weighted by molar-refractivity contribution is -0.188. The Morgan fingerprint density at radius 3 is 2.12 bits per heavy atom. The zero-order chi connectivity index (χ0) is 36.1. The number of aromatic hydroxyl groups is 1. The molecule has 2 aromatic carbocycles. The van der Waals surface area contributed by atoms with Gasteiger partial charge in [0.15, 0.2) is 5.78 Å². The highest BCUT2D eigenvalue weighted by Gasteiger charge is 2.68. The maximum atomic E-state index is 14.6. The number of amides is 3. The molecule has 6 atom stereocenters. The molecule has 4 bridgehead atoms. The molecule has 51 heavy (non-hydrogen) atoms. The molecule has 13 heteroatoms. The molecule has 6 rings (SSSR count). The SMILES string of the molecule is CCCC[C@@H](NC(=O)[C@@H](N)Cc1ccc(O)cc1)C(=O)NCC(=O)N[C@@H](Cc1ccccc1)C(=O)C1C2(N)CC3CC(C2)CC1(C(=O)OC)C3.Cl. The minimum absolute atomic E-state index is 0. The molecule has 0 radical (unpaired) electrons. The van der Waals surface area contributed by atoms with Crippen LogP contribution in [-0.4, -0.2) is 71.9 Å². The van der Waals surface area contributed by atoms with E-state index in [1.165, 1.54) is 19.2 Å². The second-order valence-corrected chi connectivity index (χ2v) is 14.7. The second kappa shape index (κ2) is 17.0. The smallest absolute Gasteiger partial charge is 0.312 e. The van der Waals surface area contributed by atoms with Gasteiger partial charge in [0.2, 0.25) is 17.7 Å². The summed E-state index contributed by atoms with van der Waals surface area (Å²) in [5.41, 5.74) is 12.8. The highest BCUT2D eigenvalue weighted by molar-refractivity contribution is 5.97. The summed E-state index contributed by atoms with van der Waals surface area (Å²) in [6, 6.07) is 12.8. The molecule has 2 aromatic rings. The molecule has 4 aliphatic rings. The Hall–Kier alpha value is -4.00. The first-order valence-electron chi connectivity index (χ1n) is 17.7. The summed E-state index contributed by atoms with van der Waals surface area (Å²) >= 11 is 0. The van der Waals surface area contributed by atoms with E-state index in [-0.39, 0.29) is 48.6 Å². The number of methoxy groups -OCH3 is 1. The van der Waals surface area contributed by atoms with Gasteiger partial charge in [-0.3, -0.25) is 24.0 Å². The summed E-state index contributed by atoms with van der Waals surface area (Å²) in [6.07, 6.45) is 5.52. The Labute approximate surface area is 305 Å². The van der Waals surface area contributed by atoms with Crippen LogP contribution in [0, 0.1) is 23.2 Å². The molecular formula is C38H52ClN5O7. The standard InChI is InChI=1S/C38H51N5O7.ClH/c1-3-4-10-29(43-34(47)28(39)16-24-11-13-27(44)14-12-24)35(48)41-22-31(45)42-30(17-23-8-6-5-7-9-23)32(46)33-37(36(49)50-2)18-25-15-26(19-37)21-38(33,40)20-25;/h5-9,11-14,25-26,28-30,33,44H,3-4,10,15-22,39-40H2,1-2H3,(H,41,48)(H,42,45)(H,43,47);1H/t25?,26?,28-,29+,30-,33?,37?,38?;/m0./s1. The van der Waals surface area contributed by atoms with Gasteiger partial charge in [0.05, 0.1) is 37.1 Å². The molecule has 4 fully saturated rings. The first kappa shape index (κ1) is 39.8. The highest BCUT2D eigenvalue weighted by atomic mass is 35.5. The lowest BCUT2D eigenvalue weighted by Gasteiger charge is -2.63. The zero-order valence-corrected chi connectivity index (χ0v) is 30.2. The molecule has 8 N–H and O–H groups in total. The monoisotopic (exact) mass is 725 g/mol. The van der Waals surface area contributed by atoms with E-state index in [1.54, 1.807) is 12.1 Å². The number of nitrogens with one attached hydrogen (secondary N) is 3. The van der Waals surface area contributed by atoms with Crippen molar-refractivity contribution in [3.8, 4) is 5.75 Å². The van der Waals surface area contributed by atoms with Gasteiger partial charge in [-0.25, -0.2) is 0 Å². The number of phenolic OH excluding ortho intramolecular Hbond substituents is 1. The molecule has 0 saturated heterocycles. The van der Waals surface area contributed by atoms with Gasteiger partial charge >= 0.3 is 5.97 Å². The van der Waals surface area contributed by atoms with Crippen molar-refractivity contribution >= 4 is 41.9 Å². The quantitative estimate of drug-likeness (QED) is 0.141. The molecule has 3 amide bonds. The molecule has 0 heterocycles. The molecule has 0 aliphatic heterocycles. The summed E-state index contributed by atoms with van der Waals surface area (Å²) in [4.78, 5) is 67.8. The third-order valence-electron chi connectivity index (χ3n) is 10.9. The predicted octanol–water partition coefficient (Wildman–Crippen LogP) is 2.47. The van der Waals surface area contributed by atoms with Gasteiger partial charge in [0, 0.05) is 5.54 Å². The average molecular weight is 726 g/mol. The van der Waals surface area contributed by atoms with Crippen molar-refractivity contribution in [1.82, 2.24) is 16.0 Å². The Morgan fingerprint density at radius 2 is 1.51 bits per heavy atom. The van der Waals surface area contributed by atoms with E-state index < -0.39 is 65.2 Å². The number of unbranched alkanes of at least 4 members (excludes halogenated alkanes) is 1. The minimum atomic E-state index is -1.04. The first-order chi connectivity index (χ1) is 23.9. The number of carbonyl (C=O) groups excluding carboxylic acids is 5. The van der Waals surface area contributed by atoms with Gasteiger partial charge in [0.25, 0.3) is 0 Å². The van der Waals surface area contributed by atoms with Gasteiger partial charge in [0.1, 0.15) is 11.8 Å². The lowest BCUT2D eigenvalue weighted by Crippen LogP contribution is -2.72. The van der Waals surface area contributed by atoms with E-state index >= 15 is 0 Å². The Bertz CT molecular complexity index is 1540. The van der Waals surface area contributed by atoms with Gasteiger partial charge in [-0.1, -0.05) is 62.2 Å². The summed E-state index contributed by atoms with van der Waals surface area (Å²) in [5, 5.41) is 17.7. The molecule has 0 aromatic heterocycles. The largest absolute Gasteiger partial charge is 0.508 e. The molecule has 0 spiro atoms. The fourth-order valence-corrected chi connectivity index (χ4v) is 9.03. The van der Waals surface area contributed by atoms with E-state index in [9.17, 15) is 29.1 Å². The van der Waals surface area contributed by atoms with E-state index in [0.29, 0.717) is 38.5 Å². The minimum Gasteiger partial charge on any atom is -0.508 e. The van der Waals surface area contributed by atoms with Gasteiger partial charge in [-0.15, -0.1) is 12.4 Å². The van der Waals surface area contributed by atoms with Crippen molar-refractivity contribution in [2.75, 3.05) is 13.7 Å². The van der Waals surface area contributed by atoms with Crippen LogP contribution >= 0.6 is 12.4 Å². The van der Waals surface area contributed by atoms with Crippen molar-refractivity contribution < 1.29 is 33.8 Å². The van der Waals surface area contributed by atoms with Gasteiger partial charge in [-0.2, -0.15) is 0 Å². The normalized spacial score (nSPS) is 26.2. The van der Waals surface area contributed by atoms with Crippen LogP contribution in [0.25, 0.3) is 0 Å². The average Bonchev–Trinajstić information content (AvgIpc) is 3.08. The number of ketones is 1. The van der Waals surface area contributed by atoms with E-state index in [4.69, 9.17) is 16.2 Å². The fourth-order valence-electron chi connectivity index (χ4n) is 9.03. The summed E-state index contributed by atoms with van der Waals surface area (Å²) in [5.74, 6) is -2.58. The predicted molar refractivity (Wildman–Crippen MR) is 194 cm³/mol. The molecule has 3 unspecified atom stereocenters. The second-order valence-electron chi connectivity index (χ2n) is 14.7. The number of hydrogen-bond donors (Lipinski definition) is 6. The third kappa shape index (κ3) is 9.09. The van der Waals surface area contributed by atoms with Crippen LogP contribution in [0.4, 0.5) is 0 Å². The first-order valence-corrected chi connectivity index (χ1v) is 17.7. The van der Waals surface area contributed by atoms with Crippen LogP contribution in [0.5, 0.6) is 5.75 Å². The van der Waals surface area contributed by atoms with E-state index in [2.05, 4.69) is 16.0 Å². The Morgan fingerprint density at radius 1 is 0.882 bits per heavy atom. The number of phenols is 1. The van der Waals surface area contributed by atoms with Crippen molar-refractivity contribution in [1.29, 1.82) is 0 Å². The number of ether oxygens (including phenoxy) is 1. The summed E-state index contributed by atoms with van der Waals surface area (Å²) in [7, 11) is 1.34. The maximum absolute atomic E-state index is 14.6. The van der Waals surface area contributed by atoms with Crippen molar-refractivity contribution in [2.45, 2.75) is 94.8 Å². The van der Waals surface area contributed by atoms with Crippen LogP contribution in [0.1, 0.15) is 69.4 Å². The Balaban J connectivity index is 0.00000583. The summed E-state index contributed by atoms with van der Waals surface area (Å²) in [6.45, 7) is 1.53. The summed E-state index contributed by atoms with van der Waals surface area (Å²) < 4.78 is 5.30. The van der Waals surface area contributed by atoms with Crippen LogP contribution in [0.2, 0.25) is 0 Å². The topological polar surface area (TPSA) is 203 Å². The number of halogens is 1. The van der Waals surface area contributed by atoms with Crippen LogP contribution in [0.3, 0.4) is 0 Å². The zero-order valence-electron chi connectivity index (χ0n) is 29.4. The van der Waals surface area contributed by atoms with Crippen molar-refractivity contribution in [2.24, 2.45) is 34.6 Å². The molecule has 4 aliphatic carbocycles. The van der Waals surface area contributed by atoms with Gasteiger partial charge < -0.3 is 37.3 Å². The van der Waals surface area contributed by atoms with Crippen LogP contribution in [-0.2, 0) is 41.6 Å². The number of Topliss-reactive ketones (excluding diaryl/α,β-unsaturated/α-hetero) is 1. The van der Waals surface area contributed by atoms with Crippen molar-refractivity contribution in [3.63, 3.8) is 0 Å². The van der Waals surface area contributed by atoms with Gasteiger partial charge in [-0.05, 0) is 86.5 Å². The molecule has 12 nitrogen and oxygen atoms in total. The maximum Gasteiger partial charge on any atom is 0.312 e. The molecule has 4 saturated carbocycles. The molecular weight excluding hydrogens is 674 g/mol. The number of esters is 1. The number of carbonyl (C=O) groups is 5. The highest BCUT2D eigenvalue weighted by Crippen LogP contribution is 2.64. The molecule has 278 valence electrons. The number of benzene rings is 2. The number of rotatable bonds is 16. The fraction of sp³-hybridized carbons (Fsp3) is 0.553.